The number of thiophene rings is 1. The van der Waals surface area contributed by atoms with Gasteiger partial charge in [-0.05, 0) is 51.1 Å². The zero-order valence-corrected chi connectivity index (χ0v) is 14.5. The summed E-state index contributed by atoms with van der Waals surface area (Å²) in [5, 5.41) is 9.27. The summed E-state index contributed by atoms with van der Waals surface area (Å²) in [6, 6.07) is 2.29. The van der Waals surface area contributed by atoms with Gasteiger partial charge >= 0.3 is 0 Å². The van der Waals surface area contributed by atoms with Gasteiger partial charge in [-0.25, -0.2) is 0 Å². The van der Waals surface area contributed by atoms with Crippen molar-refractivity contribution < 1.29 is 4.79 Å². The third-order valence-corrected chi connectivity index (χ3v) is 5.60. The summed E-state index contributed by atoms with van der Waals surface area (Å²) in [7, 11) is 0. The Hall–Kier alpha value is -0.520. The summed E-state index contributed by atoms with van der Waals surface area (Å²) in [6.45, 7) is 10.2. The first-order chi connectivity index (χ1) is 9.26. The van der Waals surface area contributed by atoms with Crippen molar-refractivity contribution in [2.45, 2.75) is 68.1 Å². The molecule has 0 saturated heterocycles. The van der Waals surface area contributed by atoms with Crippen LogP contribution < -0.4 is 10.6 Å². The SMILES string of the molecule is CC(NC1C[C@H](C)Sc2sccc21)C(=O)NC(C)(C)C. The van der Waals surface area contributed by atoms with Gasteiger partial charge in [-0.2, -0.15) is 0 Å². The van der Waals surface area contributed by atoms with Crippen LogP contribution in [0, 0.1) is 0 Å². The fourth-order valence-corrected chi connectivity index (χ4v) is 4.93. The summed E-state index contributed by atoms with van der Waals surface area (Å²) in [4.78, 5) is 12.2. The summed E-state index contributed by atoms with van der Waals surface area (Å²) >= 11 is 3.75. The second kappa shape index (κ2) is 6.08. The number of thioether (sulfide) groups is 1. The van der Waals surface area contributed by atoms with Crippen LogP contribution >= 0.6 is 23.1 Å². The molecule has 3 nitrogen and oxygen atoms in total. The van der Waals surface area contributed by atoms with Crippen LogP contribution in [-0.4, -0.2) is 22.7 Å². The van der Waals surface area contributed by atoms with E-state index in [1.807, 2.05) is 39.5 Å². The largest absolute Gasteiger partial charge is 0.350 e. The van der Waals surface area contributed by atoms with Crippen LogP contribution in [0.3, 0.4) is 0 Å². The Balaban J connectivity index is 2.02. The van der Waals surface area contributed by atoms with Gasteiger partial charge in [0.1, 0.15) is 0 Å². The summed E-state index contributed by atoms with van der Waals surface area (Å²) < 4.78 is 1.39. The maximum absolute atomic E-state index is 12.2. The second-order valence-electron chi connectivity index (χ2n) is 6.51. The van der Waals surface area contributed by atoms with E-state index in [9.17, 15) is 4.79 Å². The zero-order chi connectivity index (χ0) is 14.9. The lowest BCUT2D eigenvalue weighted by atomic mass is 10.0. The number of hydrogen-bond donors (Lipinski definition) is 2. The number of amides is 1. The van der Waals surface area contributed by atoms with Gasteiger partial charge in [0, 0.05) is 16.8 Å². The number of carbonyl (C=O) groups is 1. The van der Waals surface area contributed by atoms with Crippen LogP contribution in [0.1, 0.15) is 52.6 Å². The minimum atomic E-state index is -0.184. The predicted molar refractivity (Wildman–Crippen MR) is 87.5 cm³/mol. The Morgan fingerprint density at radius 2 is 2.15 bits per heavy atom. The lowest BCUT2D eigenvalue weighted by Crippen LogP contribution is -2.50. The highest BCUT2D eigenvalue weighted by molar-refractivity contribution is 8.01. The van der Waals surface area contributed by atoms with Crippen LogP contribution in [0.5, 0.6) is 0 Å². The smallest absolute Gasteiger partial charge is 0.237 e. The van der Waals surface area contributed by atoms with Gasteiger partial charge in [-0.3, -0.25) is 10.1 Å². The highest BCUT2D eigenvalue weighted by Crippen LogP contribution is 2.43. The van der Waals surface area contributed by atoms with Crippen molar-refractivity contribution in [2.24, 2.45) is 0 Å². The Morgan fingerprint density at radius 3 is 2.80 bits per heavy atom. The molecule has 3 atom stereocenters. The first-order valence-electron chi connectivity index (χ1n) is 7.08. The lowest BCUT2D eigenvalue weighted by molar-refractivity contribution is -0.124. The molecule has 20 heavy (non-hydrogen) atoms. The van der Waals surface area contributed by atoms with Crippen molar-refractivity contribution in [3.63, 3.8) is 0 Å². The van der Waals surface area contributed by atoms with Gasteiger partial charge in [0.2, 0.25) is 5.91 Å². The molecule has 0 spiro atoms. The molecule has 2 unspecified atom stereocenters. The van der Waals surface area contributed by atoms with Crippen molar-refractivity contribution in [1.82, 2.24) is 10.6 Å². The molecule has 2 rings (SSSR count). The van der Waals surface area contributed by atoms with E-state index in [1.54, 1.807) is 11.3 Å². The lowest BCUT2D eigenvalue weighted by Gasteiger charge is -2.31. The molecule has 112 valence electrons. The van der Waals surface area contributed by atoms with E-state index in [1.165, 1.54) is 9.77 Å². The average Bonchev–Trinajstić information content (AvgIpc) is 2.74. The second-order valence-corrected chi connectivity index (χ2v) is 9.13. The van der Waals surface area contributed by atoms with E-state index in [0.717, 1.165) is 6.42 Å². The Kier molecular flexibility index (Phi) is 4.82. The molecular formula is C15H24N2OS2. The fourth-order valence-electron chi connectivity index (χ4n) is 2.36. The minimum Gasteiger partial charge on any atom is -0.350 e. The molecule has 0 fully saturated rings. The van der Waals surface area contributed by atoms with Crippen molar-refractivity contribution in [3.05, 3.63) is 17.0 Å². The summed E-state index contributed by atoms with van der Waals surface area (Å²) in [6.07, 6.45) is 1.07. The molecule has 1 aromatic rings. The van der Waals surface area contributed by atoms with Gasteiger partial charge in [0.05, 0.1) is 10.3 Å². The zero-order valence-electron chi connectivity index (χ0n) is 12.8. The van der Waals surface area contributed by atoms with E-state index in [0.29, 0.717) is 5.25 Å². The van der Waals surface area contributed by atoms with E-state index >= 15 is 0 Å². The number of fused-ring (bicyclic) bond motifs is 1. The van der Waals surface area contributed by atoms with Gasteiger partial charge in [0.25, 0.3) is 0 Å². The molecule has 0 bridgehead atoms. The van der Waals surface area contributed by atoms with Crippen molar-refractivity contribution in [1.29, 1.82) is 0 Å². The fraction of sp³-hybridized carbons (Fsp3) is 0.667. The quantitative estimate of drug-likeness (QED) is 0.896. The third kappa shape index (κ3) is 3.99. The molecule has 1 aliphatic rings. The van der Waals surface area contributed by atoms with E-state index in [-0.39, 0.29) is 23.5 Å². The standard InChI is InChI=1S/C15H24N2OS2/c1-9-8-12(11-6-7-19-14(11)20-9)16-10(2)13(18)17-15(3,4)5/h6-7,9-10,12,16H,8H2,1-5H3,(H,17,18)/t9-,10?,12?/m0/s1. The molecule has 0 radical (unpaired) electrons. The van der Waals surface area contributed by atoms with Crippen molar-refractivity contribution >= 4 is 29.0 Å². The van der Waals surface area contributed by atoms with E-state index < -0.39 is 0 Å². The van der Waals surface area contributed by atoms with Gasteiger partial charge in [-0.1, -0.05) is 6.92 Å². The van der Waals surface area contributed by atoms with Gasteiger partial charge < -0.3 is 5.32 Å². The molecular weight excluding hydrogens is 288 g/mol. The monoisotopic (exact) mass is 312 g/mol. The Bertz CT molecular complexity index is 478. The van der Waals surface area contributed by atoms with Crippen molar-refractivity contribution in [3.8, 4) is 0 Å². The Morgan fingerprint density at radius 1 is 1.45 bits per heavy atom. The third-order valence-electron chi connectivity index (χ3n) is 3.25. The molecule has 0 saturated carbocycles. The number of carbonyl (C=O) groups excluding carboxylic acids is 1. The van der Waals surface area contributed by atoms with Gasteiger partial charge in [0.15, 0.2) is 0 Å². The number of nitrogens with one attached hydrogen (secondary N) is 2. The molecule has 1 aromatic heterocycles. The van der Waals surface area contributed by atoms with Crippen LogP contribution in [0.25, 0.3) is 0 Å². The van der Waals surface area contributed by atoms with E-state index in [2.05, 4.69) is 29.0 Å². The maximum atomic E-state index is 12.2. The Labute approximate surface area is 129 Å². The van der Waals surface area contributed by atoms with E-state index in [4.69, 9.17) is 0 Å². The average molecular weight is 313 g/mol. The highest BCUT2D eigenvalue weighted by Gasteiger charge is 2.29. The molecule has 1 aliphatic heterocycles. The summed E-state index contributed by atoms with van der Waals surface area (Å²) in [5.41, 5.74) is 1.17. The first-order valence-corrected chi connectivity index (χ1v) is 8.84. The molecule has 0 aromatic carbocycles. The number of rotatable bonds is 3. The maximum Gasteiger partial charge on any atom is 0.237 e. The summed E-state index contributed by atoms with van der Waals surface area (Å²) in [5.74, 6) is 0.0696. The molecule has 2 heterocycles. The van der Waals surface area contributed by atoms with Gasteiger partial charge in [-0.15, -0.1) is 23.1 Å². The highest BCUT2D eigenvalue weighted by atomic mass is 32.2. The molecule has 0 aliphatic carbocycles. The van der Waals surface area contributed by atoms with Crippen LogP contribution in [0.4, 0.5) is 0 Å². The minimum absolute atomic E-state index is 0.0696. The van der Waals surface area contributed by atoms with Crippen LogP contribution in [0.2, 0.25) is 0 Å². The van der Waals surface area contributed by atoms with Crippen molar-refractivity contribution in [2.75, 3.05) is 0 Å². The molecule has 1 amide bonds. The normalized spacial score (nSPS) is 24.1. The first kappa shape index (κ1) is 15.9. The topological polar surface area (TPSA) is 41.1 Å². The van der Waals surface area contributed by atoms with Crippen LogP contribution in [0.15, 0.2) is 15.7 Å². The number of hydrogen-bond acceptors (Lipinski definition) is 4. The molecule has 2 N–H and O–H groups in total. The predicted octanol–water partition coefficient (Wildman–Crippen LogP) is 3.57. The van der Waals surface area contributed by atoms with Crippen LogP contribution in [-0.2, 0) is 4.79 Å². The molecule has 5 heteroatoms.